The molecule has 0 spiro atoms. The van der Waals surface area contributed by atoms with Gasteiger partial charge in [0.1, 0.15) is 0 Å². The van der Waals surface area contributed by atoms with Crippen LogP contribution in [-0.4, -0.2) is 74.5 Å². The second kappa shape index (κ2) is 6.52. The number of hydrogen-bond donors (Lipinski definition) is 1. The molecule has 2 fully saturated rings. The summed E-state index contributed by atoms with van der Waals surface area (Å²) in [6, 6.07) is 0.986. The van der Waals surface area contributed by atoms with E-state index >= 15 is 0 Å². The molecule has 0 radical (unpaired) electrons. The minimum Gasteiger partial charge on any atom is -0.328 e. The molecule has 112 valence electrons. The second-order valence-corrected chi connectivity index (χ2v) is 8.33. The standard InChI is InChI=1S/C13H27N3O2S/c1-2-19(17,18)10-9-15-6-5-13(11-15)16-7-3-12(14)4-8-16/h12-13H,2-11,14H2,1H3. The molecule has 2 aliphatic rings. The van der Waals surface area contributed by atoms with Gasteiger partial charge in [-0.2, -0.15) is 0 Å². The molecule has 6 heteroatoms. The smallest absolute Gasteiger partial charge is 0.151 e. The van der Waals surface area contributed by atoms with Crippen molar-refractivity contribution in [2.45, 2.75) is 38.3 Å². The van der Waals surface area contributed by atoms with Crippen molar-refractivity contribution < 1.29 is 8.42 Å². The molecule has 1 atom stereocenters. The number of likely N-dealkylation sites (tertiary alicyclic amines) is 2. The molecule has 0 saturated carbocycles. The normalized spacial score (nSPS) is 28.0. The number of nitrogens with two attached hydrogens (primary N) is 1. The number of rotatable bonds is 5. The monoisotopic (exact) mass is 289 g/mol. The minimum absolute atomic E-state index is 0.258. The van der Waals surface area contributed by atoms with Crippen LogP contribution in [0.3, 0.4) is 0 Å². The third-order valence-corrected chi connectivity index (χ3v) is 6.18. The highest BCUT2D eigenvalue weighted by molar-refractivity contribution is 7.91. The lowest BCUT2D eigenvalue weighted by Gasteiger charge is -2.34. The molecule has 2 heterocycles. The van der Waals surface area contributed by atoms with Crippen LogP contribution in [0.25, 0.3) is 0 Å². The molecule has 0 aliphatic carbocycles. The van der Waals surface area contributed by atoms with Crippen LogP contribution in [0.2, 0.25) is 0 Å². The van der Waals surface area contributed by atoms with Gasteiger partial charge in [0.15, 0.2) is 9.84 Å². The molecule has 5 nitrogen and oxygen atoms in total. The fourth-order valence-corrected chi connectivity index (χ4v) is 3.84. The third kappa shape index (κ3) is 4.41. The Labute approximate surface area is 117 Å². The van der Waals surface area contributed by atoms with E-state index in [0.717, 1.165) is 39.0 Å². The fraction of sp³-hybridized carbons (Fsp3) is 1.00. The maximum Gasteiger partial charge on any atom is 0.151 e. The van der Waals surface area contributed by atoms with Crippen molar-refractivity contribution in [1.82, 2.24) is 9.80 Å². The second-order valence-electron chi connectivity index (χ2n) is 5.85. The van der Waals surface area contributed by atoms with Gasteiger partial charge < -0.3 is 10.6 Å². The molecular weight excluding hydrogens is 262 g/mol. The van der Waals surface area contributed by atoms with Gasteiger partial charge in [-0.1, -0.05) is 6.92 Å². The molecule has 2 N–H and O–H groups in total. The molecule has 0 amide bonds. The minimum atomic E-state index is -2.83. The quantitative estimate of drug-likeness (QED) is 0.767. The van der Waals surface area contributed by atoms with Crippen molar-refractivity contribution in [3.8, 4) is 0 Å². The number of sulfone groups is 1. The number of piperidine rings is 1. The van der Waals surface area contributed by atoms with Crippen LogP contribution in [-0.2, 0) is 9.84 Å². The Kier molecular flexibility index (Phi) is 5.22. The summed E-state index contributed by atoms with van der Waals surface area (Å²) in [7, 11) is -2.83. The maximum atomic E-state index is 11.5. The van der Waals surface area contributed by atoms with E-state index in [-0.39, 0.29) is 5.75 Å². The van der Waals surface area contributed by atoms with Gasteiger partial charge in [0.25, 0.3) is 0 Å². The zero-order valence-electron chi connectivity index (χ0n) is 11.9. The Balaban J connectivity index is 1.74. The van der Waals surface area contributed by atoms with Crippen molar-refractivity contribution in [2.24, 2.45) is 5.73 Å². The van der Waals surface area contributed by atoms with Crippen molar-refractivity contribution >= 4 is 9.84 Å². The fourth-order valence-electron chi connectivity index (χ4n) is 3.01. The van der Waals surface area contributed by atoms with Crippen LogP contribution >= 0.6 is 0 Å². The van der Waals surface area contributed by atoms with Crippen molar-refractivity contribution in [1.29, 1.82) is 0 Å². The highest BCUT2D eigenvalue weighted by Crippen LogP contribution is 2.19. The van der Waals surface area contributed by atoms with E-state index in [4.69, 9.17) is 5.73 Å². The van der Waals surface area contributed by atoms with Crippen LogP contribution in [0.15, 0.2) is 0 Å². The molecule has 1 unspecified atom stereocenters. The van der Waals surface area contributed by atoms with Crippen LogP contribution < -0.4 is 5.73 Å². The summed E-state index contributed by atoms with van der Waals surface area (Å²) in [6.07, 6.45) is 3.36. The summed E-state index contributed by atoms with van der Waals surface area (Å²) >= 11 is 0. The summed E-state index contributed by atoms with van der Waals surface area (Å²) in [5.41, 5.74) is 5.93. The van der Waals surface area contributed by atoms with E-state index < -0.39 is 9.84 Å². The molecular formula is C13H27N3O2S. The van der Waals surface area contributed by atoms with Gasteiger partial charge in [-0.15, -0.1) is 0 Å². The zero-order valence-corrected chi connectivity index (χ0v) is 12.7. The molecule has 0 aromatic carbocycles. The summed E-state index contributed by atoms with van der Waals surface area (Å²) < 4.78 is 23.0. The first kappa shape index (κ1) is 15.2. The van der Waals surface area contributed by atoms with Crippen LogP contribution in [0, 0.1) is 0 Å². The molecule has 0 aromatic rings. The van der Waals surface area contributed by atoms with E-state index in [0.29, 0.717) is 24.4 Å². The lowest BCUT2D eigenvalue weighted by molar-refractivity contribution is 0.153. The first-order valence-corrected chi connectivity index (χ1v) is 9.24. The average Bonchev–Trinajstić information content (AvgIpc) is 2.86. The molecule has 0 aromatic heterocycles. The highest BCUT2D eigenvalue weighted by atomic mass is 32.2. The highest BCUT2D eigenvalue weighted by Gasteiger charge is 2.29. The van der Waals surface area contributed by atoms with Gasteiger partial charge in [0, 0.05) is 30.9 Å². The van der Waals surface area contributed by atoms with Gasteiger partial charge in [-0.05, 0) is 38.9 Å². The average molecular weight is 289 g/mol. The van der Waals surface area contributed by atoms with E-state index in [9.17, 15) is 8.42 Å². The van der Waals surface area contributed by atoms with Crippen LogP contribution in [0.1, 0.15) is 26.2 Å². The lowest BCUT2D eigenvalue weighted by Crippen LogP contribution is -2.46. The molecule has 2 rings (SSSR count). The first-order valence-electron chi connectivity index (χ1n) is 7.42. The molecule has 19 heavy (non-hydrogen) atoms. The van der Waals surface area contributed by atoms with Crippen LogP contribution in [0.5, 0.6) is 0 Å². The van der Waals surface area contributed by atoms with E-state index in [1.807, 2.05) is 0 Å². The van der Waals surface area contributed by atoms with Gasteiger partial charge in [-0.25, -0.2) is 8.42 Å². The Hall–Kier alpha value is -0.170. The van der Waals surface area contributed by atoms with E-state index in [2.05, 4.69) is 9.80 Å². The number of nitrogens with zero attached hydrogens (tertiary/aromatic N) is 2. The Bertz CT molecular complexity index is 377. The Morgan fingerprint density at radius 2 is 1.84 bits per heavy atom. The topological polar surface area (TPSA) is 66.6 Å². The molecule has 0 bridgehead atoms. The van der Waals surface area contributed by atoms with Gasteiger partial charge >= 0.3 is 0 Å². The van der Waals surface area contributed by atoms with Crippen molar-refractivity contribution in [3.05, 3.63) is 0 Å². The van der Waals surface area contributed by atoms with E-state index in [1.165, 1.54) is 6.42 Å². The van der Waals surface area contributed by atoms with Gasteiger partial charge in [0.2, 0.25) is 0 Å². The van der Waals surface area contributed by atoms with Gasteiger partial charge in [0.05, 0.1) is 5.75 Å². The Morgan fingerprint density at radius 3 is 2.47 bits per heavy atom. The molecule has 2 saturated heterocycles. The summed E-state index contributed by atoms with van der Waals surface area (Å²) in [6.45, 7) is 6.68. The summed E-state index contributed by atoms with van der Waals surface area (Å²) in [4.78, 5) is 4.84. The summed E-state index contributed by atoms with van der Waals surface area (Å²) in [5.74, 6) is 0.565. The van der Waals surface area contributed by atoms with E-state index in [1.54, 1.807) is 6.92 Å². The third-order valence-electron chi connectivity index (χ3n) is 4.50. The van der Waals surface area contributed by atoms with Crippen LogP contribution in [0.4, 0.5) is 0 Å². The number of hydrogen-bond acceptors (Lipinski definition) is 5. The Morgan fingerprint density at radius 1 is 1.16 bits per heavy atom. The largest absolute Gasteiger partial charge is 0.328 e. The van der Waals surface area contributed by atoms with Crippen molar-refractivity contribution in [3.63, 3.8) is 0 Å². The van der Waals surface area contributed by atoms with Crippen molar-refractivity contribution in [2.75, 3.05) is 44.2 Å². The molecule has 2 aliphatic heterocycles. The lowest BCUT2D eigenvalue weighted by atomic mass is 10.0. The predicted octanol–water partition coefficient (Wildman–Crippen LogP) is -0.0815. The zero-order chi connectivity index (χ0) is 13.9. The predicted molar refractivity (Wildman–Crippen MR) is 78.0 cm³/mol. The first-order chi connectivity index (χ1) is 9.00. The SMILES string of the molecule is CCS(=O)(=O)CCN1CCC(N2CCC(N)CC2)C1. The van der Waals surface area contributed by atoms with Gasteiger partial charge in [-0.3, -0.25) is 4.90 Å². The maximum absolute atomic E-state index is 11.5. The summed E-state index contributed by atoms with van der Waals surface area (Å²) in [5, 5.41) is 0.